The summed E-state index contributed by atoms with van der Waals surface area (Å²) >= 11 is 0. The Morgan fingerprint density at radius 1 is 0.530 bits per heavy atom. The van der Waals surface area contributed by atoms with Gasteiger partial charge in [0.05, 0.1) is 44.4 Å². The first kappa shape index (κ1) is 33.9. The molecule has 1 aliphatic rings. The number of benzene rings is 8. The Morgan fingerprint density at radius 3 is 1.86 bits per heavy atom. The predicted molar refractivity (Wildman–Crippen MR) is 349 cm³/mol. The third-order valence-corrected chi connectivity index (χ3v) is 15.7. The molecule has 83 heavy (non-hydrogen) atoms. The van der Waals surface area contributed by atoms with Crippen molar-refractivity contribution in [2.75, 3.05) is 0 Å². The lowest BCUT2D eigenvalue weighted by Crippen LogP contribution is -2.34. The van der Waals surface area contributed by atoms with Crippen LogP contribution in [0, 0.1) is 6.33 Å². The van der Waals surface area contributed by atoms with Crippen molar-refractivity contribution in [3.63, 3.8) is 0 Å². The van der Waals surface area contributed by atoms with Crippen molar-refractivity contribution < 1.29 is 42.2 Å². The first-order valence-corrected chi connectivity index (χ1v) is 27.9. The minimum Gasteiger partial charge on any atom is -0.458 e. The Bertz CT molecular complexity index is 5400. The number of ether oxygens (including phenoxy) is 1. The highest BCUT2D eigenvalue weighted by Crippen LogP contribution is 2.49. The van der Waals surface area contributed by atoms with Crippen LogP contribution in [0.15, 0.2) is 182 Å². The van der Waals surface area contributed by atoms with Crippen molar-refractivity contribution >= 4 is 32.8 Å². The molecule has 5 heteroatoms. The second-order valence-corrected chi connectivity index (χ2v) is 26.0. The highest BCUT2D eigenvalue weighted by atomic mass is 16.5. The summed E-state index contributed by atoms with van der Waals surface area (Å²) in [6.45, 7) is 6.74. The van der Waals surface area contributed by atoms with Gasteiger partial charge in [-0.05, 0) is 167 Å². The van der Waals surface area contributed by atoms with E-state index >= 15 is 0 Å². The molecule has 0 amide bonds. The van der Waals surface area contributed by atoms with Gasteiger partial charge in [0.15, 0.2) is 0 Å². The molecule has 420 valence electrons. The molecule has 1 aliphatic carbocycles. The van der Waals surface area contributed by atoms with Crippen molar-refractivity contribution in [3.05, 3.63) is 222 Å². The first-order valence-electron chi connectivity index (χ1n) is 39.9. The van der Waals surface area contributed by atoms with Gasteiger partial charge in [0.2, 0.25) is 0 Å². The van der Waals surface area contributed by atoms with E-state index in [1.165, 1.54) is 16.7 Å². The minimum atomic E-state index is -4.61. The SMILES string of the molecule is [2H]c1c([2H])c([2H])c(-c2ccc3c(c2)n(-c2cccc(Oc4ccc5c6ccccc6n(-c6cc(C(C)(C)C)ccn6)c5c4)c2)[c-][n+]3-c2c(-c3cc(C(C)(C)C)cc(C(C)(C)C)c3)cc(C(C)(C)C)cc2-c2c([2H])c([2H])c3c(c2[2H])C(C([2H])([2H])[2H])(C([2H])([2H])[2H])C([2H])([2H])C([2H])([2H])C3(C([2H])([2H])[2H])C([2H])([2H])[2H])c([2H])c1[2H]. The van der Waals surface area contributed by atoms with E-state index in [9.17, 15) is 20.6 Å². The first-order chi connectivity index (χ1) is 49.0. The molecule has 0 saturated heterocycles. The summed E-state index contributed by atoms with van der Waals surface area (Å²) in [6, 6.07) is 31.6. The summed E-state index contributed by atoms with van der Waals surface area (Å²) in [5.74, 6) is 1.40. The van der Waals surface area contributed by atoms with Crippen LogP contribution in [0.2, 0.25) is 0 Å². The van der Waals surface area contributed by atoms with Crippen LogP contribution >= 0.6 is 0 Å². The summed E-state index contributed by atoms with van der Waals surface area (Å²) in [4.78, 5) is 4.86. The van der Waals surface area contributed by atoms with Crippen molar-refractivity contribution in [1.29, 1.82) is 0 Å². The molecule has 0 radical (unpaired) electrons. The largest absolute Gasteiger partial charge is 0.458 e. The monoisotopic (exact) mass is 1110 g/mol. The molecule has 0 N–H and O–H groups in total. The van der Waals surface area contributed by atoms with E-state index in [0.29, 0.717) is 34.1 Å². The van der Waals surface area contributed by atoms with Crippen LogP contribution in [0.25, 0.3) is 83.4 Å². The Labute approximate surface area is 527 Å². The molecular weight excluding hydrogens is 1010 g/mol. The van der Waals surface area contributed by atoms with Crippen LogP contribution in [0.5, 0.6) is 11.5 Å². The fourth-order valence-corrected chi connectivity index (χ4v) is 10.9. The highest BCUT2D eigenvalue weighted by molar-refractivity contribution is 6.09. The fourth-order valence-electron chi connectivity index (χ4n) is 10.9. The van der Waals surface area contributed by atoms with Gasteiger partial charge in [-0.15, -0.1) is 0 Å². The van der Waals surface area contributed by atoms with E-state index in [-0.39, 0.29) is 44.4 Å². The molecule has 0 bridgehead atoms. The van der Waals surface area contributed by atoms with Gasteiger partial charge in [-0.1, -0.05) is 226 Å². The lowest BCUT2D eigenvalue weighted by Gasteiger charge is -2.42. The van der Waals surface area contributed by atoms with E-state index in [1.54, 1.807) is 47.2 Å². The Balaban J connectivity index is 1.25. The van der Waals surface area contributed by atoms with Crippen molar-refractivity contribution in [2.45, 2.75) is 156 Å². The predicted octanol–water partition coefficient (Wildman–Crippen LogP) is 20.5. The molecule has 12 rings (SSSR count). The molecule has 3 heterocycles. The van der Waals surface area contributed by atoms with Crippen molar-refractivity contribution in [2.24, 2.45) is 0 Å². The molecule has 0 atom stereocenters. The molecule has 8 aromatic carbocycles. The summed E-state index contributed by atoms with van der Waals surface area (Å²) in [6.07, 6.45) is -3.88. The van der Waals surface area contributed by atoms with Crippen molar-refractivity contribution in [3.8, 4) is 62.1 Å². The molecule has 0 unspecified atom stereocenters. The zero-order valence-corrected chi connectivity index (χ0v) is 48.9. The summed E-state index contributed by atoms with van der Waals surface area (Å²) < 4.78 is 236. The summed E-state index contributed by atoms with van der Waals surface area (Å²) in [7, 11) is 0. The number of imidazole rings is 1. The van der Waals surface area contributed by atoms with Gasteiger partial charge < -0.3 is 4.74 Å². The second-order valence-electron chi connectivity index (χ2n) is 26.0. The topological polar surface area (TPSA) is 35.9 Å². The zero-order chi connectivity index (χ0) is 79.3. The smallest absolute Gasteiger partial charge is 0.269 e. The number of nitrogens with zero attached hydrogens (tertiary/aromatic N) is 4. The van der Waals surface area contributed by atoms with Gasteiger partial charge >= 0.3 is 0 Å². The average molecular weight is 1120 g/mol. The standard InChI is InChI=1S/C78H82N4O/c1-73(2,3)54-35-38-79-71(46-54)82-67-28-21-20-27-61(67)62-32-31-60(48-69(62)82)83-59-26-22-25-58(47-59)80-49-81(68-34-30-51(42-70(68)80)50-23-18-17-19-24-50)72-63(52-29-33-65-66(41-52)78(15,16)37-36-77(65,13)14)44-57(76(10,11)12)45-64(72)53-39-55(74(4,5)6)43-56(40-53)75(7,8)9/h17-35,38-48H,36-37H2,1-16H3/i13D3,14D3,15D3,16D3,17D,18D,19D,23D,24D,29D,33D,36D2,37D2,41D. The van der Waals surface area contributed by atoms with E-state index in [4.69, 9.17) is 22.1 Å². The van der Waals surface area contributed by atoms with Gasteiger partial charge in [0.25, 0.3) is 6.33 Å². The maximum absolute atomic E-state index is 10.7. The quantitative estimate of drug-likeness (QED) is 0.112. The number of hydrogen-bond donors (Lipinski definition) is 0. The van der Waals surface area contributed by atoms with Crippen LogP contribution in [0.4, 0.5) is 0 Å². The van der Waals surface area contributed by atoms with E-state index in [2.05, 4.69) is 43.8 Å². The molecule has 0 spiro atoms. The maximum atomic E-state index is 10.7. The minimum absolute atomic E-state index is 0.0383. The molecule has 0 fully saturated rings. The molecular formula is C78H82N4O. The number of fused-ring (bicyclic) bond motifs is 5. The number of pyridine rings is 1. The maximum Gasteiger partial charge on any atom is 0.269 e. The number of aromatic nitrogens is 4. The molecule has 0 saturated carbocycles. The van der Waals surface area contributed by atoms with E-state index < -0.39 is 132 Å². The Hall–Kier alpha value is -8.02. The number of hydrogen-bond acceptors (Lipinski definition) is 2. The van der Waals surface area contributed by atoms with Gasteiger partial charge in [0.1, 0.15) is 17.3 Å². The van der Waals surface area contributed by atoms with Gasteiger partial charge in [-0.3, -0.25) is 13.7 Å². The third-order valence-electron chi connectivity index (χ3n) is 15.7. The molecule has 5 nitrogen and oxygen atoms in total. The molecule has 0 aliphatic heterocycles. The van der Waals surface area contributed by atoms with Gasteiger partial charge in [-0.25, -0.2) is 4.98 Å². The second kappa shape index (κ2) is 19.8. The average Bonchev–Trinajstić information content (AvgIpc) is 1.06. The zero-order valence-electron chi connectivity index (χ0n) is 72.9. The molecule has 3 aromatic heterocycles. The summed E-state index contributed by atoms with van der Waals surface area (Å²) in [5, 5.41) is 1.90. The van der Waals surface area contributed by atoms with Crippen LogP contribution in [0.3, 0.4) is 0 Å². The van der Waals surface area contributed by atoms with Gasteiger partial charge in [-0.2, -0.15) is 0 Å². The van der Waals surface area contributed by atoms with Gasteiger partial charge in [0, 0.05) is 45.0 Å². The Morgan fingerprint density at radius 2 is 1.17 bits per heavy atom. The van der Waals surface area contributed by atoms with Crippen LogP contribution in [-0.2, 0) is 32.5 Å². The number of para-hydroxylation sites is 1. The van der Waals surface area contributed by atoms with E-state index in [1.807, 2.05) is 129 Å². The number of rotatable bonds is 8. The highest BCUT2D eigenvalue weighted by Gasteiger charge is 2.38. The third kappa shape index (κ3) is 10.3. The van der Waals surface area contributed by atoms with E-state index in [0.717, 1.165) is 38.5 Å². The lowest BCUT2D eigenvalue weighted by atomic mass is 9.63. The Kier molecular flexibility index (Phi) is 8.10. The summed E-state index contributed by atoms with van der Waals surface area (Å²) in [5.41, 5.74) is -9.14. The normalized spacial score (nSPS) is 20.6. The molecule has 11 aromatic rings. The van der Waals surface area contributed by atoms with Crippen LogP contribution in [-0.4, -0.2) is 14.1 Å². The lowest BCUT2D eigenvalue weighted by molar-refractivity contribution is -0.571. The van der Waals surface area contributed by atoms with Crippen molar-refractivity contribution in [1.82, 2.24) is 14.1 Å². The van der Waals surface area contributed by atoms with Crippen LogP contribution < -0.4 is 9.30 Å². The van der Waals surface area contributed by atoms with Crippen LogP contribution in [0.1, 0.15) is 190 Å². The fraction of sp³-hybridized carbons (Fsp3) is 0.308.